The fraction of sp³-hybridized carbons (Fsp3) is 0.520. The highest BCUT2D eigenvalue weighted by atomic mass is 16.1. The van der Waals surface area contributed by atoms with E-state index in [-0.39, 0.29) is 23.7 Å². The minimum absolute atomic E-state index is 0.00735. The zero-order valence-electron chi connectivity index (χ0n) is 18.7. The van der Waals surface area contributed by atoms with Gasteiger partial charge in [-0.3, -0.25) is 4.79 Å². The number of benzene rings is 1. The van der Waals surface area contributed by atoms with Crippen LogP contribution in [0.5, 0.6) is 0 Å². The minimum atomic E-state index is -0.0574. The molecule has 1 saturated carbocycles. The molecule has 162 valence electrons. The summed E-state index contributed by atoms with van der Waals surface area (Å²) in [5.74, 6) is 0.402. The van der Waals surface area contributed by atoms with E-state index < -0.39 is 0 Å². The summed E-state index contributed by atoms with van der Waals surface area (Å²) in [7, 11) is 0. The molecule has 0 spiro atoms. The van der Waals surface area contributed by atoms with E-state index in [0.717, 1.165) is 31.4 Å². The molecule has 0 bridgehead atoms. The maximum absolute atomic E-state index is 13.1. The zero-order chi connectivity index (χ0) is 21.7. The van der Waals surface area contributed by atoms with Crippen LogP contribution in [0.1, 0.15) is 86.0 Å². The van der Waals surface area contributed by atoms with Crippen LogP contribution in [-0.4, -0.2) is 22.9 Å². The van der Waals surface area contributed by atoms with Crippen LogP contribution in [0.15, 0.2) is 41.5 Å². The molecule has 2 aromatic rings. The first kappa shape index (κ1) is 22.1. The maximum atomic E-state index is 13.1. The van der Waals surface area contributed by atoms with Gasteiger partial charge in [0, 0.05) is 29.4 Å². The Labute approximate surface area is 180 Å². The van der Waals surface area contributed by atoms with E-state index in [4.69, 9.17) is 11.5 Å². The van der Waals surface area contributed by atoms with E-state index in [2.05, 4.69) is 60.8 Å². The Morgan fingerprint density at radius 2 is 1.77 bits per heavy atom. The first-order valence-electron chi connectivity index (χ1n) is 11.1. The molecule has 5 nitrogen and oxygen atoms in total. The molecule has 0 amide bonds. The fourth-order valence-electron chi connectivity index (χ4n) is 4.75. The van der Waals surface area contributed by atoms with Crippen molar-refractivity contribution >= 4 is 11.7 Å². The summed E-state index contributed by atoms with van der Waals surface area (Å²) in [5, 5.41) is 0. The second kappa shape index (κ2) is 9.50. The summed E-state index contributed by atoms with van der Waals surface area (Å²) >= 11 is 0. The average Bonchev–Trinajstić information content (AvgIpc) is 3.12. The smallest absolute Gasteiger partial charge is 0.186 e. The number of guanidine groups is 1. The molecule has 1 aromatic heterocycles. The van der Waals surface area contributed by atoms with Gasteiger partial charge in [-0.25, -0.2) is 4.99 Å². The van der Waals surface area contributed by atoms with Crippen molar-refractivity contribution in [3.05, 3.63) is 58.9 Å². The summed E-state index contributed by atoms with van der Waals surface area (Å²) in [6, 6.07) is 10.5. The largest absolute Gasteiger partial charge is 0.370 e. The number of carbonyl (C=O) groups is 1. The highest BCUT2D eigenvalue weighted by molar-refractivity contribution is 6.00. The number of nitrogens with zero attached hydrogens (tertiary/aromatic N) is 2. The molecule has 5 heteroatoms. The third kappa shape index (κ3) is 5.32. The normalized spacial score (nSPS) is 15.2. The zero-order valence-corrected chi connectivity index (χ0v) is 18.7. The number of aryl methyl sites for hydroxylation is 2. The number of ketones is 1. The van der Waals surface area contributed by atoms with E-state index in [0.29, 0.717) is 5.92 Å². The van der Waals surface area contributed by atoms with Crippen LogP contribution >= 0.6 is 0 Å². The van der Waals surface area contributed by atoms with Crippen molar-refractivity contribution in [1.29, 1.82) is 0 Å². The summed E-state index contributed by atoms with van der Waals surface area (Å²) in [6.45, 7) is 7.61. The lowest BCUT2D eigenvalue weighted by Gasteiger charge is -2.29. The van der Waals surface area contributed by atoms with Crippen molar-refractivity contribution in [3.8, 4) is 0 Å². The highest BCUT2D eigenvalue weighted by Crippen LogP contribution is 2.41. The Balaban J connectivity index is 2.04. The highest BCUT2D eigenvalue weighted by Gasteiger charge is 2.32. The van der Waals surface area contributed by atoms with E-state index >= 15 is 0 Å². The molecule has 0 atom stereocenters. The molecule has 0 unspecified atom stereocenters. The Bertz CT molecular complexity index is 880. The predicted octanol–water partition coefficient (Wildman–Crippen LogP) is 4.53. The van der Waals surface area contributed by atoms with Crippen LogP contribution in [0.4, 0.5) is 0 Å². The van der Waals surface area contributed by atoms with Gasteiger partial charge in [-0.05, 0) is 36.3 Å². The SMILES string of the molecule is CC(C)(C)c1c(C2CCCCC2)c(C(=O)CN=C(N)N)cn1CCc1ccccc1. The molecule has 3 rings (SSSR count). The summed E-state index contributed by atoms with van der Waals surface area (Å²) in [6.07, 6.45) is 9.04. The molecule has 0 radical (unpaired) electrons. The van der Waals surface area contributed by atoms with Gasteiger partial charge in [0.05, 0.1) is 0 Å². The van der Waals surface area contributed by atoms with Gasteiger partial charge in [0.2, 0.25) is 0 Å². The van der Waals surface area contributed by atoms with Crippen molar-refractivity contribution in [3.63, 3.8) is 0 Å². The second-order valence-corrected chi connectivity index (χ2v) is 9.48. The number of carbonyl (C=O) groups excluding carboxylic acids is 1. The molecule has 1 heterocycles. The van der Waals surface area contributed by atoms with E-state index in [9.17, 15) is 4.79 Å². The molecule has 0 saturated heterocycles. The molecule has 0 aliphatic heterocycles. The molecular formula is C25H36N4O. The van der Waals surface area contributed by atoms with Gasteiger partial charge in [0.25, 0.3) is 0 Å². The van der Waals surface area contributed by atoms with Crippen molar-refractivity contribution in [2.24, 2.45) is 16.5 Å². The Morgan fingerprint density at radius 3 is 2.37 bits per heavy atom. The Morgan fingerprint density at radius 1 is 1.10 bits per heavy atom. The lowest BCUT2D eigenvalue weighted by atomic mass is 9.77. The maximum Gasteiger partial charge on any atom is 0.186 e. The van der Waals surface area contributed by atoms with Crippen LogP contribution in [-0.2, 0) is 18.4 Å². The van der Waals surface area contributed by atoms with Crippen molar-refractivity contribution in [2.75, 3.05) is 6.54 Å². The summed E-state index contributed by atoms with van der Waals surface area (Å²) in [5.41, 5.74) is 15.6. The molecular weight excluding hydrogens is 372 g/mol. The lowest BCUT2D eigenvalue weighted by Crippen LogP contribution is -2.24. The van der Waals surface area contributed by atoms with E-state index in [1.807, 2.05) is 6.07 Å². The number of Topliss-reactive ketones (excluding diaryl/α,β-unsaturated/α-hetero) is 1. The number of rotatable bonds is 7. The van der Waals surface area contributed by atoms with Crippen LogP contribution < -0.4 is 11.5 Å². The van der Waals surface area contributed by atoms with Gasteiger partial charge in [-0.2, -0.15) is 0 Å². The molecule has 4 N–H and O–H groups in total. The van der Waals surface area contributed by atoms with Crippen LogP contribution in [0.2, 0.25) is 0 Å². The van der Waals surface area contributed by atoms with Gasteiger partial charge in [0.15, 0.2) is 11.7 Å². The second-order valence-electron chi connectivity index (χ2n) is 9.48. The third-order valence-electron chi connectivity index (χ3n) is 6.03. The number of aliphatic imine (C=N–C) groups is 1. The minimum Gasteiger partial charge on any atom is -0.370 e. The predicted molar refractivity (Wildman–Crippen MR) is 124 cm³/mol. The van der Waals surface area contributed by atoms with Crippen LogP contribution in [0.3, 0.4) is 0 Å². The van der Waals surface area contributed by atoms with Gasteiger partial charge < -0.3 is 16.0 Å². The molecule has 1 fully saturated rings. The number of hydrogen-bond donors (Lipinski definition) is 2. The number of aromatic nitrogens is 1. The monoisotopic (exact) mass is 408 g/mol. The first-order valence-corrected chi connectivity index (χ1v) is 11.1. The number of hydrogen-bond acceptors (Lipinski definition) is 2. The van der Waals surface area contributed by atoms with Gasteiger partial charge >= 0.3 is 0 Å². The molecule has 1 aliphatic carbocycles. The lowest BCUT2D eigenvalue weighted by molar-refractivity contribution is 0.1000. The topological polar surface area (TPSA) is 86.4 Å². The molecule has 1 aromatic carbocycles. The fourth-order valence-corrected chi connectivity index (χ4v) is 4.75. The molecule has 30 heavy (non-hydrogen) atoms. The van der Waals surface area contributed by atoms with Crippen molar-refractivity contribution < 1.29 is 4.79 Å². The Kier molecular flexibility index (Phi) is 7.01. The van der Waals surface area contributed by atoms with Crippen LogP contribution in [0, 0.1) is 0 Å². The van der Waals surface area contributed by atoms with Crippen molar-refractivity contribution in [1.82, 2.24) is 4.57 Å². The summed E-state index contributed by atoms with van der Waals surface area (Å²) < 4.78 is 2.32. The van der Waals surface area contributed by atoms with Crippen LogP contribution in [0.25, 0.3) is 0 Å². The van der Waals surface area contributed by atoms with Gasteiger partial charge in [0.1, 0.15) is 6.54 Å². The third-order valence-corrected chi connectivity index (χ3v) is 6.03. The summed E-state index contributed by atoms with van der Waals surface area (Å²) in [4.78, 5) is 17.1. The number of nitrogens with two attached hydrogens (primary N) is 2. The van der Waals surface area contributed by atoms with Gasteiger partial charge in [-0.15, -0.1) is 0 Å². The first-order chi connectivity index (χ1) is 14.3. The van der Waals surface area contributed by atoms with E-state index in [1.165, 1.54) is 36.1 Å². The average molecular weight is 409 g/mol. The van der Waals surface area contributed by atoms with Crippen molar-refractivity contribution in [2.45, 2.75) is 77.2 Å². The quantitative estimate of drug-likeness (QED) is 0.401. The van der Waals surface area contributed by atoms with E-state index in [1.54, 1.807) is 0 Å². The van der Waals surface area contributed by atoms with Gasteiger partial charge in [-0.1, -0.05) is 70.4 Å². The standard InChI is InChI=1S/C25H36N4O/c1-25(2,3)23-22(19-12-8-5-9-13-19)20(21(30)16-28-24(26)27)17-29(23)15-14-18-10-6-4-7-11-18/h4,6-7,10-11,17,19H,5,8-9,12-16H2,1-3H3,(H4,26,27,28). The molecule has 1 aliphatic rings. The Hall–Kier alpha value is -2.56.